The fourth-order valence-electron chi connectivity index (χ4n) is 3.40. The Kier molecular flexibility index (Phi) is 5.36. The van der Waals surface area contributed by atoms with Crippen molar-refractivity contribution in [2.75, 3.05) is 50.7 Å². The number of rotatable bonds is 3. The first-order valence-corrected chi connectivity index (χ1v) is 7.62. The third kappa shape index (κ3) is 4.02. The van der Waals surface area contributed by atoms with Crippen LogP contribution in [0.1, 0.15) is 13.3 Å². The van der Waals surface area contributed by atoms with E-state index in [-0.39, 0.29) is 12.4 Å². The van der Waals surface area contributed by atoms with Crippen molar-refractivity contribution in [1.82, 2.24) is 10.2 Å². The lowest BCUT2D eigenvalue weighted by Gasteiger charge is -2.39. The van der Waals surface area contributed by atoms with Crippen LogP contribution < -0.4 is 10.2 Å². The molecule has 2 N–H and O–H groups in total. The first kappa shape index (κ1) is 16.4. The molecule has 0 amide bonds. The summed E-state index contributed by atoms with van der Waals surface area (Å²) < 4.78 is 0. The number of nitrogens with one attached hydrogen (secondary N) is 1. The Hall–Kier alpha value is -0.970. The molecule has 1 aromatic rings. The van der Waals surface area contributed by atoms with Gasteiger partial charge in [-0.3, -0.25) is 4.90 Å². The van der Waals surface area contributed by atoms with Crippen LogP contribution >= 0.6 is 12.4 Å². The molecule has 5 heteroatoms. The van der Waals surface area contributed by atoms with E-state index in [0.29, 0.717) is 11.2 Å². The molecule has 0 aliphatic carbocycles. The second kappa shape index (κ2) is 6.86. The zero-order chi connectivity index (χ0) is 14.0. The predicted molar refractivity (Wildman–Crippen MR) is 89.6 cm³/mol. The highest BCUT2D eigenvalue weighted by atomic mass is 35.5. The number of nitrogens with zero attached hydrogens (tertiary/aromatic N) is 2. The maximum Gasteiger partial charge on any atom is 0.117 e. The number of phenolic OH excluding ortho intramolecular Hbond substituents is 1. The summed E-state index contributed by atoms with van der Waals surface area (Å²) in [6.45, 7) is 10.2. The molecule has 2 aliphatic rings. The van der Waals surface area contributed by atoms with Crippen molar-refractivity contribution in [3.63, 3.8) is 0 Å². The Balaban J connectivity index is 0.00000161. The van der Waals surface area contributed by atoms with E-state index in [9.17, 15) is 5.11 Å². The average Bonchev–Trinajstić information content (AvgIpc) is 2.86. The molecule has 0 spiro atoms. The normalized spacial score (nSPS) is 26.6. The summed E-state index contributed by atoms with van der Waals surface area (Å²) in [5, 5.41) is 13.1. The monoisotopic (exact) mass is 311 g/mol. The Bertz CT molecular complexity index is 455. The van der Waals surface area contributed by atoms with Crippen molar-refractivity contribution in [2.24, 2.45) is 5.41 Å². The van der Waals surface area contributed by atoms with Crippen molar-refractivity contribution in [3.8, 4) is 5.75 Å². The number of piperazine rings is 1. The van der Waals surface area contributed by atoms with Crippen molar-refractivity contribution in [1.29, 1.82) is 0 Å². The average molecular weight is 312 g/mol. The number of benzene rings is 1. The van der Waals surface area contributed by atoms with Crippen molar-refractivity contribution >= 4 is 18.1 Å². The Labute approximate surface area is 133 Å². The highest BCUT2D eigenvalue weighted by Gasteiger charge is 2.31. The third-order valence-electron chi connectivity index (χ3n) is 4.63. The van der Waals surface area contributed by atoms with Gasteiger partial charge >= 0.3 is 0 Å². The molecule has 0 bridgehead atoms. The summed E-state index contributed by atoms with van der Waals surface area (Å²) in [6.07, 6.45) is 1.29. The van der Waals surface area contributed by atoms with Gasteiger partial charge in [-0.05, 0) is 30.5 Å². The van der Waals surface area contributed by atoms with Crippen LogP contribution in [0.25, 0.3) is 0 Å². The largest absolute Gasteiger partial charge is 0.508 e. The zero-order valence-corrected chi connectivity index (χ0v) is 13.5. The Morgan fingerprint density at radius 3 is 2.62 bits per heavy atom. The van der Waals surface area contributed by atoms with Gasteiger partial charge in [0.1, 0.15) is 5.75 Å². The summed E-state index contributed by atoms with van der Waals surface area (Å²) in [5.41, 5.74) is 1.59. The van der Waals surface area contributed by atoms with Crippen LogP contribution in [-0.4, -0.2) is 55.8 Å². The van der Waals surface area contributed by atoms with Gasteiger partial charge in [0.2, 0.25) is 0 Å². The predicted octanol–water partition coefficient (Wildman–Crippen LogP) is 1.94. The summed E-state index contributed by atoms with van der Waals surface area (Å²) in [6, 6.07) is 7.59. The first-order chi connectivity index (χ1) is 9.65. The smallest absolute Gasteiger partial charge is 0.117 e. The molecule has 2 saturated heterocycles. The van der Waals surface area contributed by atoms with Crippen LogP contribution in [0, 0.1) is 5.41 Å². The van der Waals surface area contributed by atoms with Gasteiger partial charge in [0.05, 0.1) is 0 Å². The van der Waals surface area contributed by atoms with E-state index < -0.39 is 0 Å². The molecule has 21 heavy (non-hydrogen) atoms. The van der Waals surface area contributed by atoms with Crippen LogP contribution in [0.2, 0.25) is 0 Å². The van der Waals surface area contributed by atoms with Gasteiger partial charge in [-0.1, -0.05) is 13.0 Å². The molecule has 2 heterocycles. The van der Waals surface area contributed by atoms with Crippen LogP contribution in [0.4, 0.5) is 5.69 Å². The minimum atomic E-state index is 0. The van der Waals surface area contributed by atoms with E-state index in [1.54, 1.807) is 6.07 Å². The van der Waals surface area contributed by atoms with Crippen LogP contribution in [0.15, 0.2) is 24.3 Å². The molecule has 1 atom stereocenters. The van der Waals surface area contributed by atoms with E-state index >= 15 is 0 Å². The van der Waals surface area contributed by atoms with Crippen molar-refractivity contribution in [2.45, 2.75) is 13.3 Å². The number of hydrogen-bond acceptors (Lipinski definition) is 4. The number of halogens is 1. The van der Waals surface area contributed by atoms with Crippen molar-refractivity contribution in [3.05, 3.63) is 24.3 Å². The highest BCUT2D eigenvalue weighted by molar-refractivity contribution is 5.85. The molecular formula is C16H26ClN3O. The van der Waals surface area contributed by atoms with Crippen LogP contribution in [-0.2, 0) is 0 Å². The molecule has 0 aromatic heterocycles. The molecule has 1 aromatic carbocycles. The number of phenols is 1. The number of aromatic hydroxyl groups is 1. The lowest BCUT2D eigenvalue weighted by Crippen LogP contribution is -2.49. The lowest BCUT2D eigenvalue weighted by molar-refractivity contribution is 0.169. The second-order valence-corrected chi connectivity index (χ2v) is 6.52. The fraction of sp³-hybridized carbons (Fsp3) is 0.625. The van der Waals surface area contributed by atoms with E-state index in [1.165, 1.54) is 19.5 Å². The molecular weight excluding hydrogens is 286 g/mol. The van der Waals surface area contributed by atoms with Gasteiger partial charge in [-0.15, -0.1) is 12.4 Å². The number of anilines is 1. The first-order valence-electron chi connectivity index (χ1n) is 7.62. The van der Waals surface area contributed by atoms with Gasteiger partial charge in [-0.25, -0.2) is 0 Å². The molecule has 1 unspecified atom stereocenters. The molecule has 3 rings (SSSR count). The van der Waals surface area contributed by atoms with Crippen LogP contribution in [0.3, 0.4) is 0 Å². The lowest BCUT2D eigenvalue weighted by atomic mass is 9.89. The van der Waals surface area contributed by atoms with Crippen LogP contribution in [0.5, 0.6) is 5.75 Å². The molecule has 2 fully saturated rings. The van der Waals surface area contributed by atoms with Crippen molar-refractivity contribution < 1.29 is 5.11 Å². The highest BCUT2D eigenvalue weighted by Crippen LogP contribution is 2.27. The minimum Gasteiger partial charge on any atom is -0.508 e. The SMILES string of the molecule is CC1(CN2CCN(c3cccc(O)c3)CC2)CCNC1.Cl. The van der Waals surface area contributed by atoms with E-state index in [0.717, 1.165) is 38.4 Å². The number of hydrogen-bond donors (Lipinski definition) is 2. The van der Waals surface area contributed by atoms with Gasteiger partial charge < -0.3 is 15.3 Å². The Morgan fingerprint density at radius 1 is 1.24 bits per heavy atom. The van der Waals surface area contributed by atoms with E-state index in [4.69, 9.17) is 0 Å². The summed E-state index contributed by atoms with van der Waals surface area (Å²) >= 11 is 0. The van der Waals surface area contributed by atoms with Gasteiger partial charge in [-0.2, -0.15) is 0 Å². The molecule has 0 saturated carbocycles. The summed E-state index contributed by atoms with van der Waals surface area (Å²) in [5.74, 6) is 0.356. The van der Waals surface area contributed by atoms with Gasteiger partial charge in [0, 0.05) is 51.0 Å². The third-order valence-corrected chi connectivity index (χ3v) is 4.63. The van der Waals surface area contributed by atoms with E-state index in [1.807, 2.05) is 12.1 Å². The maximum absolute atomic E-state index is 9.58. The molecule has 118 valence electrons. The quantitative estimate of drug-likeness (QED) is 0.895. The minimum absolute atomic E-state index is 0. The summed E-state index contributed by atoms with van der Waals surface area (Å²) in [4.78, 5) is 4.96. The molecule has 0 radical (unpaired) electrons. The molecule has 2 aliphatic heterocycles. The second-order valence-electron chi connectivity index (χ2n) is 6.52. The molecule has 4 nitrogen and oxygen atoms in total. The topological polar surface area (TPSA) is 38.7 Å². The van der Waals surface area contributed by atoms with Gasteiger partial charge in [0.25, 0.3) is 0 Å². The Morgan fingerprint density at radius 2 is 2.00 bits per heavy atom. The fourth-order valence-corrected chi connectivity index (χ4v) is 3.40. The van der Waals surface area contributed by atoms with Gasteiger partial charge in [0.15, 0.2) is 0 Å². The zero-order valence-electron chi connectivity index (χ0n) is 12.7. The summed E-state index contributed by atoms with van der Waals surface area (Å²) in [7, 11) is 0. The maximum atomic E-state index is 9.58. The van der Waals surface area contributed by atoms with E-state index in [2.05, 4.69) is 28.1 Å². The standard InChI is InChI=1S/C16H25N3O.ClH/c1-16(5-6-17-12-16)13-18-7-9-19(10-8-18)14-3-2-4-15(20)11-14;/h2-4,11,17,20H,5-10,12-13H2,1H3;1H.